The molecule has 0 aromatic heterocycles. The number of carbonyl (C=O) groups is 1. The van der Waals surface area contributed by atoms with E-state index in [-0.39, 0.29) is 15.6 Å². The van der Waals surface area contributed by atoms with Gasteiger partial charge in [-0.15, -0.1) is 0 Å². The second-order valence-electron chi connectivity index (χ2n) is 6.87. The quantitative estimate of drug-likeness (QED) is 0.504. The van der Waals surface area contributed by atoms with Gasteiger partial charge in [0.1, 0.15) is 6.54 Å². The number of rotatable bonds is 6. The van der Waals surface area contributed by atoms with E-state index in [1.165, 1.54) is 42.5 Å². The number of benzene rings is 3. The van der Waals surface area contributed by atoms with Gasteiger partial charge in [-0.3, -0.25) is 9.10 Å². The van der Waals surface area contributed by atoms with E-state index in [1.807, 2.05) is 0 Å². The van der Waals surface area contributed by atoms with Crippen molar-refractivity contribution in [1.29, 1.82) is 0 Å². The van der Waals surface area contributed by atoms with Gasteiger partial charge >= 0.3 is 6.18 Å². The van der Waals surface area contributed by atoms with E-state index >= 15 is 0 Å². The lowest BCUT2D eigenvalue weighted by molar-refractivity contribution is -0.137. The van der Waals surface area contributed by atoms with Crippen LogP contribution in [0.3, 0.4) is 0 Å². The second kappa shape index (κ2) is 9.22. The summed E-state index contributed by atoms with van der Waals surface area (Å²) >= 11 is 6.18. The smallest absolute Gasteiger partial charge is 0.324 e. The summed E-state index contributed by atoms with van der Waals surface area (Å²) in [5.74, 6) is -0.961. The summed E-state index contributed by atoms with van der Waals surface area (Å²) in [6.07, 6.45) is -4.69. The molecule has 3 aromatic rings. The van der Waals surface area contributed by atoms with Crippen LogP contribution in [0.25, 0.3) is 0 Å². The zero-order valence-electron chi connectivity index (χ0n) is 16.7. The lowest BCUT2D eigenvalue weighted by Gasteiger charge is -2.25. The van der Waals surface area contributed by atoms with Gasteiger partial charge in [0.15, 0.2) is 0 Å². The minimum atomic E-state index is -4.69. The highest BCUT2D eigenvalue weighted by molar-refractivity contribution is 7.92. The third kappa shape index (κ3) is 5.23. The largest absolute Gasteiger partial charge is 0.418 e. The summed E-state index contributed by atoms with van der Waals surface area (Å²) in [7, 11) is -4.25. The van der Waals surface area contributed by atoms with Gasteiger partial charge in [-0.25, -0.2) is 8.42 Å². The number of nitrogens with zero attached hydrogens (tertiary/aromatic N) is 1. The van der Waals surface area contributed by atoms with Crippen molar-refractivity contribution in [2.45, 2.75) is 18.0 Å². The minimum absolute atomic E-state index is 0.0222. The first-order valence-electron chi connectivity index (χ1n) is 9.30. The fraction of sp³-hybridized carbons (Fsp3) is 0.136. The predicted molar refractivity (Wildman–Crippen MR) is 117 cm³/mol. The molecule has 0 radical (unpaired) electrons. The summed E-state index contributed by atoms with van der Waals surface area (Å²) in [6.45, 7) is 1.000. The van der Waals surface area contributed by atoms with Crippen molar-refractivity contribution in [3.05, 3.63) is 88.9 Å². The van der Waals surface area contributed by atoms with E-state index in [1.54, 1.807) is 25.1 Å². The van der Waals surface area contributed by atoms with Gasteiger partial charge in [-0.05, 0) is 43.3 Å². The molecule has 0 heterocycles. The Bertz CT molecular complexity index is 1230. The van der Waals surface area contributed by atoms with Crippen molar-refractivity contribution in [2.24, 2.45) is 0 Å². The van der Waals surface area contributed by atoms with E-state index in [2.05, 4.69) is 5.32 Å². The zero-order valence-corrected chi connectivity index (χ0v) is 18.3. The number of halogens is 4. The third-order valence-corrected chi connectivity index (χ3v) is 6.62. The Morgan fingerprint density at radius 2 is 1.56 bits per heavy atom. The van der Waals surface area contributed by atoms with E-state index in [4.69, 9.17) is 11.6 Å². The Kier molecular flexibility index (Phi) is 6.80. The molecular weight excluding hydrogens is 465 g/mol. The number of hydrogen-bond donors (Lipinski definition) is 1. The molecule has 0 unspecified atom stereocenters. The molecular formula is C22H18ClF3N2O3S. The SMILES string of the molecule is Cc1ccc(S(=O)(=O)N(CC(=O)Nc2ccccc2C(F)(F)F)c2ccccc2Cl)cc1. The van der Waals surface area contributed by atoms with Gasteiger partial charge in [0, 0.05) is 0 Å². The highest BCUT2D eigenvalue weighted by Gasteiger charge is 2.34. The van der Waals surface area contributed by atoms with Crippen LogP contribution in [0.15, 0.2) is 77.7 Å². The average molecular weight is 483 g/mol. The number of nitrogens with one attached hydrogen (secondary N) is 1. The van der Waals surface area contributed by atoms with Gasteiger partial charge in [0.2, 0.25) is 5.91 Å². The van der Waals surface area contributed by atoms with Crippen molar-refractivity contribution in [1.82, 2.24) is 0 Å². The van der Waals surface area contributed by atoms with Gasteiger partial charge < -0.3 is 5.32 Å². The molecule has 0 aliphatic heterocycles. The van der Waals surface area contributed by atoms with E-state index in [9.17, 15) is 26.4 Å². The number of anilines is 2. The first-order valence-corrected chi connectivity index (χ1v) is 11.1. The van der Waals surface area contributed by atoms with Crippen molar-refractivity contribution in [2.75, 3.05) is 16.2 Å². The molecule has 0 saturated heterocycles. The summed E-state index contributed by atoms with van der Waals surface area (Å²) in [5, 5.41) is 2.22. The van der Waals surface area contributed by atoms with Crippen LogP contribution in [-0.4, -0.2) is 20.9 Å². The number of carbonyl (C=O) groups excluding carboxylic acids is 1. The normalized spacial score (nSPS) is 11.8. The number of hydrogen-bond acceptors (Lipinski definition) is 3. The summed E-state index contributed by atoms with van der Waals surface area (Å²) in [4.78, 5) is 12.6. The topological polar surface area (TPSA) is 66.5 Å². The van der Waals surface area contributed by atoms with Crippen molar-refractivity contribution in [3.63, 3.8) is 0 Å². The molecule has 0 aliphatic carbocycles. The monoisotopic (exact) mass is 482 g/mol. The Morgan fingerprint density at radius 3 is 2.19 bits per heavy atom. The molecule has 5 nitrogen and oxygen atoms in total. The first kappa shape index (κ1) is 23.6. The third-order valence-electron chi connectivity index (χ3n) is 4.52. The Hall–Kier alpha value is -3.04. The lowest BCUT2D eigenvalue weighted by atomic mass is 10.1. The predicted octanol–water partition coefficient (Wildman–Crippen LogP) is 5.50. The minimum Gasteiger partial charge on any atom is -0.324 e. The highest BCUT2D eigenvalue weighted by atomic mass is 35.5. The molecule has 168 valence electrons. The summed E-state index contributed by atoms with van der Waals surface area (Å²) in [5.41, 5.74) is -0.667. The molecule has 0 aliphatic rings. The molecule has 0 atom stereocenters. The fourth-order valence-corrected chi connectivity index (χ4v) is 4.68. The molecule has 10 heteroatoms. The van der Waals surface area contributed by atoms with Gasteiger partial charge in [-0.1, -0.05) is 53.6 Å². The van der Waals surface area contributed by atoms with Gasteiger partial charge in [0.25, 0.3) is 10.0 Å². The number of amides is 1. The summed E-state index contributed by atoms with van der Waals surface area (Å²) < 4.78 is 67.1. The number of sulfonamides is 1. The van der Waals surface area contributed by atoms with Crippen LogP contribution in [0.2, 0.25) is 5.02 Å². The standard InChI is InChI=1S/C22H18ClF3N2O3S/c1-15-10-12-16(13-11-15)32(30,31)28(20-9-5-3-7-18(20)23)14-21(29)27-19-8-4-2-6-17(19)22(24,25)26/h2-13H,14H2,1H3,(H,27,29). The Balaban J connectivity index is 1.98. The van der Waals surface area contributed by atoms with Crippen molar-refractivity contribution < 1.29 is 26.4 Å². The Morgan fingerprint density at radius 1 is 0.969 bits per heavy atom. The zero-order chi connectivity index (χ0) is 23.5. The summed E-state index contributed by atoms with van der Waals surface area (Å²) in [6, 6.07) is 16.4. The maximum atomic E-state index is 13.3. The average Bonchev–Trinajstić information content (AvgIpc) is 2.72. The van der Waals surface area contributed by atoms with Gasteiger partial charge in [0.05, 0.1) is 26.9 Å². The number of alkyl halides is 3. The molecule has 1 amide bonds. The number of para-hydroxylation sites is 2. The van der Waals surface area contributed by atoms with Crippen molar-refractivity contribution >= 4 is 38.9 Å². The first-order chi connectivity index (χ1) is 15.0. The molecule has 0 saturated carbocycles. The van der Waals surface area contributed by atoms with Crippen LogP contribution in [-0.2, 0) is 21.0 Å². The van der Waals surface area contributed by atoms with Crippen LogP contribution in [0.4, 0.5) is 24.5 Å². The maximum Gasteiger partial charge on any atom is 0.418 e. The van der Waals surface area contributed by atoms with E-state index in [0.29, 0.717) is 0 Å². The highest BCUT2D eigenvalue weighted by Crippen LogP contribution is 2.35. The van der Waals surface area contributed by atoms with Crippen molar-refractivity contribution in [3.8, 4) is 0 Å². The molecule has 3 aromatic carbocycles. The molecule has 1 N–H and O–H groups in total. The molecule has 3 rings (SSSR count). The molecule has 32 heavy (non-hydrogen) atoms. The fourth-order valence-electron chi connectivity index (χ4n) is 2.95. The van der Waals surface area contributed by atoms with Crippen LogP contribution < -0.4 is 9.62 Å². The molecule has 0 fully saturated rings. The van der Waals surface area contributed by atoms with E-state index in [0.717, 1.165) is 22.0 Å². The second-order valence-corrected chi connectivity index (χ2v) is 9.14. The van der Waals surface area contributed by atoms with Gasteiger partial charge in [-0.2, -0.15) is 13.2 Å². The van der Waals surface area contributed by atoms with E-state index < -0.39 is 39.9 Å². The van der Waals surface area contributed by atoms with Crippen LogP contribution in [0, 0.1) is 6.92 Å². The molecule has 0 bridgehead atoms. The van der Waals surface area contributed by atoms with Crippen LogP contribution >= 0.6 is 11.6 Å². The number of aryl methyl sites for hydroxylation is 1. The Labute approximate surface area is 188 Å². The van der Waals surface area contributed by atoms with Crippen LogP contribution in [0.1, 0.15) is 11.1 Å². The van der Waals surface area contributed by atoms with Crippen LogP contribution in [0.5, 0.6) is 0 Å². The maximum absolute atomic E-state index is 13.3. The lowest BCUT2D eigenvalue weighted by Crippen LogP contribution is -2.38. The molecule has 0 spiro atoms.